The van der Waals surface area contributed by atoms with Crippen LogP contribution in [0, 0.1) is 5.82 Å². The second kappa shape index (κ2) is 4.63. The van der Waals surface area contributed by atoms with E-state index < -0.39 is 5.82 Å². The van der Waals surface area contributed by atoms with Crippen molar-refractivity contribution in [2.75, 3.05) is 7.05 Å². The first-order valence-electron chi connectivity index (χ1n) is 4.74. The molecule has 0 fully saturated rings. The van der Waals surface area contributed by atoms with Crippen LogP contribution >= 0.6 is 11.6 Å². The minimum Gasteiger partial charge on any atom is -0.443 e. The fourth-order valence-corrected chi connectivity index (χ4v) is 1.61. The van der Waals surface area contributed by atoms with Gasteiger partial charge in [-0.05, 0) is 25.2 Å². The molecule has 0 spiro atoms. The van der Waals surface area contributed by atoms with Gasteiger partial charge in [0.05, 0.1) is 5.56 Å². The first kappa shape index (κ1) is 11.1. The van der Waals surface area contributed by atoms with Crippen molar-refractivity contribution >= 4 is 11.6 Å². The van der Waals surface area contributed by atoms with Crippen molar-refractivity contribution in [1.82, 2.24) is 10.3 Å². The minimum atomic E-state index is -0.415. The van der Waals surface area contributed by atoms with Crippen LogP contribution in [0.25, 0.3) is 11.3 Å². The number of benzene rings is 1. The Kier molecular flexibility index (Phi) is 3.22. The number of hydrogen-bond acceptors (Lipinski definition) is 3. The van der Waals surface area contributed by atoms with E-state index in [9.17, 15) is 4.39 Å². The van der Waals surface area contributed by atoms with Crippen LogP contribution in [0.3, 0.4) is 0 Å². The van der Waals surface area contributed by atoms with Crippen LogP contribution in [0.5, 0.6) is 0 Å². The van der Waals surface area contributed by atoms with Gasteiger partial charge in [-0.15, -0.1) is 0 Å². The zero-order valence-electron chi connectivity index (χ0n) is 8.63. The lowest BCUT2D eigenvalue weighted by Gasteiger charge is -2.02. The zero-order valence-corrected chi connectivity index (χ0v) is 9.38. The Morgan fingerprint density at radius 2 is 2.31 bits per heavy atom. The van der Waals surface area contributed by atoms with Crippen molar-refractivity contribution in [2.45, 2.75) is 6.54 Å². The van der Waals surface area contributed by atoms with Crippen LogP contribution < -0.4 is 5.32 Å². The van der Waals surface area contributed by atoms with E-state index in [-0.39, 0.29) is 0 Å². The molecule has 5 heteroatoms. The van der Waals surface area contributed by atoms with E-state index in [4.69, 9.17) is 16.0 Å². The summed E-state index contributed by atoms with van der Waals surface area (Å²) in [5, 5.41) is 3.30. The van der Waals surface area contributed by atoms with Gasteiger partial charge in [0, 0.05) is 11.6 Å². The van der Waals surface area contributed by atoms with Gasteiger partial charge in [-0.1, -0.05) is 11.6 Å². The Morgan fingerprint density at radius 3 is 3.00 bits per heavy atom. The zero-order chi connectivity index (χ0) is 11.5. The molecule has 84 valence electrons. The number of nitrogens with zero attached hydrogens (tertiary/aromatic N) is 1. The van der Waals surface area contributed by atoms with Crippen LogP contribution in [0.2, 0.25) is 5.02 Å². The maximum Gasteiger partial charge on any atom is 0.181 e. The average Bonchev–Trinajstić information content (AvgIpc) is 2.67. The van der Waals surface area contributed by atoms with Crippen molar-refractivity contribution in [2.24, 2.45) is 0 Å². The summed E-state index contributed by atoms with van der Waals surface area (Å²) in [4.78, 5) is 4.02. The number of hydrogen-bond donors (Lipinski definition) is 1. The molecule has 1 N–H and O–H groups in total. The van der Waals surface area contributed by atoms with E-state index >= 15 is 0 Å². The van der Waals surface area contributed by atoms with Crippen LogP contribution in [-0.4, -0.2) is 12.0 Å². The van der Waals surface area contributed by atoms with Crippen molar-refractivity contribution < 1.29 is 8.81 Å². The van der Waals surface area contributed by atoms with Gasteiger partial charge >= 0.3 is 0 Å². The smallest absolute Gasteiger partial charge is 0.181 e. The summed E-state index contributed by atoms with van der Waals surface area (Å²) in [5.74, 6) is 0.0186. The van der Waals surface area contributed by atoms with Crippen LogP contribution in [0.4, 0.5) is 4.39 Å². The Balaban J connectivity index is 2.46. The van der Waals surface area contributed by atoms with E-state index in [0.29, 0.717) is 28.6 Å². The van der Waals surface area contributed by atoms with Crippen molar-refractivity contribution in [3.63, 3.8) is 0 Å². The standard InChI is InChI=1S/C11H10ClFN2O/c1-14-5-10-11(16-6-15-10)8-3-2-7(12)4-9(8)13/h2-4,6,14H,5H2,1H3. The summed E-state index contributed by atoms with van der Waals surface area (Å²) in [6.07, 6.45) is 1.30. The lowest BCUT2D eigenvalue weighted by molar-refractivity contribution is 0.559. The molecule has 0 atom stereocenters. The third kappa shape index (κ3) is 2.08. The van der Waals surface area contributed by atoms with Crippen LogP contribution in [0.1, 0.15) is 5.69 Å². The largest absolute Gasteiger partial charge is 0.443 e. The Labute approximate surface area is 97.3 Å². The third-order valence-electron chi connectivity index (χ3n) is 2.16. The van der Waals surface area contributed by atoms with E-state index in [1.807, 2.05) is 0 Å². The molecule has 2 aromatic rings. The molecule has 0 amide bonds. The average molecular weight is 241 g/mol. The lowest BCUT2D eigenvalue weighted by Crippen LogP contribution is -2.06. The summed E-state index contributed by atoms with van der Waals surface area (Å²) < 4.78 is 18.8. The first-order chi connectivity index (χ1) is 7.72. The molecule has 0 aliphatic carbocycles. The number of aromatic nitrogens is 1. The van der Waals surface area contributed by atoms with Gasteiger partial charge in [-0.25, -0.2) is 9.37 Å². The van der Waals surface area contributed by atoms with E-state index in [1.54, 1.807) is 19.2 Å². The number of nitrogens with one attached hydrogen (secondary N) is 1. The van der Waals surface area contributed by atoms with E-state index in [1.165, 1.54) is 12.5 Å². The molecule has 0 unspecified atom stereocenters. The maximum absolute atomic E-state index is 13.6. The van der Waals surface area contributed by atoms with Gasteiger partial charge in [-0.2, -0.15) is 0 Å². The second-order valence-electron chi connectivity index (χ2n) is 3.28. The van der Waals surface area contributed by atoms with E-state index in [2.05, 4.69) is 10.3 Å². The normalized spacial score (nSPS) is 10.7. The highest BCUT2D eigenvalue weighted by Crippen LogP contribution is 2.27. The predicted octanol–water partition coefficient (Wildman–Crippen LogP) is 2.85. The Morgan fingerprint density at radius 1 is 1.50 bits per heavy atom. The van der Waals surface area contributed by atoms with E-state index in [0.717, 1.165) is 0 Å². The Bertz CT molecular complexity index is 498. The van der Waals surface area contributed by atoms with Gasteiger partial charge in [-0.3, -0.25) is 0 Å². The predicted molar refractivity (Wildman–Crippen MR) is 59.7 cm³/mol. The fourth-order valence-electron chi connectivity index (χ4n) is 1.46. The molecule has 0 radical (unpaired) electrons. The minimum absolute atomic E-state index is 0.357. The molecular weight excluding hydrogens is 231 g/mol. The summed E-state index contributed by atoms with van der Waals surface area (Å²) in [5.41, 5.74) is 1.04. The van der Waals surface area contributed by atoms with Crippen molar-refractivity contribution in [1.29, 1.82) is 0 Å². The molecule has 2 rings (SSSR count). The first-order valence-corrected chi connectivity index (χ1v) is 5.12. The molecule has 1 heterocycles. The quantitative estimate of drug-likeness (QED) is 0.897. The van der Waals surface area contributed by atoms with Gasteiger partial charge in [0.1, 0.15) is 11.5 Å². The van der Waals surface area contributed by atoms with Gasteiger partial charge in [0.15, 0.2) is 12.2 Å². The third-order valence-corrected chi connectivity index (χ3v) is 2.40. The van der Waals surface area contributed by atoms with Crippen LogP contribution in [-0.2, 0) is 6.54 Å². The van der Waals surface area contributed by atoms with Crippen LogP contribution in [0.15, 0.2) is 29.0 Å². The molecule has 0 saturated carbocycles. The molecule has 0 bridgehead atoms. The lowest BCUT2D eigenvalue weighted by atomic mass is 10.1. The highest BCUT2D eigenvalue weighted by molar-refractivity contribution is 6.30. The van der Waals surface area contributed by atoms with Gasteiger partial charge in [0.2, 0.25) is 0 Å². The number of oxazole rings is 1. The maximum atomic E-state index is 13.6. The second-order valence-corrected chi connectivity index (χ2v) is 3.72. The molecule has 0 aliphatic rings. The molecule has 1 aromatic heterocycles. The monoisotopic (exact) mass is 240 g/mol. The van der Waals surface area contributed by atoms with Crippen molar-refractivity contribution in [3.8, 4) is 11.3 Å². The van der Waals surface area contributed by atoms with Gasteiger partial charge in [0.25, 0.3) is 0 Å². The molecule has 16 heavy (non-hydrogen) atoms. The highest BCUT2D eigenvalue weighted by Gasteiger charge is 2.14. The topological polar surface area (TPSA) is 38.1 Å². The molecule has 0 saturated heterocycles. The summed E-state index contributed by atoms with van der Waals surface area (Å²) in [6.45, 7) is 0.522. The fraction of sp³-hybridized carbons (Fsp3) is 0.182. The molecule has 0 aliphatic heterocycles. The number of rotatable bonds is 3. The summed E-state index contributed by atoms with van der Waals surface area (Å²) >= 11 is 5.68. The Hall–Kier alpha value is -1.39. The SMILES string of the molecule is CNCc1ncoc1-c1ccc(Cl)cc1F. The molecular formula is C11H10ClFN2O. The number of halogens is 2. The molecule has 1 aromatic carbocycles. The highest BCUT2D eigenvalue weighted by atomic mass is 35.5. The van der Waals surface area contributed by atoms with Crippen molar-refractivity contribution in [3.05, 3.63) is 41.1 Å². The molecule has 3 nitrogen and oxygen atoms in total. The summed E-state index contributed by atoms with van der Waals surface area (Å²) in [6, 6.07) is 4.45. The summed E-state index contributed by atoms with van der Waals surface area (Å²) in [7, 11) is 1.79. The van der Waals surface area contributed by atoms with Gasteiger partial charge < -0.3 is 9.73 Å².